The van der Waals surface area contributed by atoms with Crippen LogP contribution in [-0.4, -0.2) is 27.0 Å². The first-order valence-corrected chi connectivity index (χ1v) is 9.96. The van der Waals surface area contributed by atoms with E-state index in [-0.39, 0.29) is 17.3 Å². The second kappa shape index (κ2) is 7.72. The van der Waals surface area contributed by atoms with E-state index >= 15 is 0 Å². The number of imidazole rings is 1. The Labute approximate surface area is 159 Å². The van der Waals surface area contributed by atoms with Gasteiger partial charge in [0.05, 0.1) is 11.0 Å². The normalized spacial score (nSPS) is 14.9. The quantitative estimate of drug-likeness (QED) is 0.627. The minimum Gasteiger partial charge on any atom is -0.337 e. The van der Waals surface area contributed by atoms with Crippen molar-refractivity contribution in [1.29, 1.82) is 0 Å². The monoisotopic (exact) mass is 390 g/mol. The summed E-state index contributed by atoms with van der Waals surface area (Å²) in [5.41, 5.74) is 0.121. The third kappa shape index (κ3) is 3.85. The third-order valence-corrected chi connectivity index (χ3v) is 5.99. The average molecular weight is 390 g/mol. The Morgan fingerprint density at radius 1 is 1.30 bits per heavy atom. The van der Waals surface area contributed by atoms with Crippen molar-refractivity contribution in [3.63, 3.8) is 0 Å². The molecular weight excluding hydrogens is 370 g/mol. The second-order valence-corrected chi connectivity index (χ2v) is 7.87. The van der Waals surface area contributed by atoms with E-state index in [0.29, 0.717) is 16.4 Å². The standard InChI is InChI=1S/C19H20F2N4OS/c20-14-10-15(21)17-16(11-14)27-19(23-17)25(18(26)13-4-1-2-5-13)8-3-7-24-9-6-22-12-24/h6,9-13H,1-5,7-8H2. The molecule has 0 bridgehead atoms. The van der Waals surface area contributed by atoms with Crippen molar-refractivity contribution in [2.24, 2.45) is 5.92 Å². The molecule has 0 radical (unpaired) electrons. The Morgan fingerprint density at radius 3 is 2.85 bits per heavy atom. The lowest BCUT2D eigenvalue weighted by molar-refractivity contribution is -0.122. The van der Waals surface area contributed by atoms with Gasteiger partial charge < -0.3 is 4.57 Å². The van der Waals surface area contributed by atoms with E-state index in [1.165, 1.54) is 6.07 Å². The number of rotatable bonds is 6. The zero-order valence-electron chi connectivity index (χ0n) is 14.8. The van der Waals surface area contributed by atoms with Crippen molar-refractivity contribution < 1.29 is 13.6 Å². The van der Waals surface area contributed by atoms with Crippen molar-refractivity contribution in [2.75, 3.05) is 11.4 Å². The molecule has 3 aromatic rings. The molecule has 1 aliphatic carbocycles. The Morgan fingerprint density at radius 2 is 2.11 bits per heavy atom. The summed E-state index contributed by atoms with van der Waals surface area (Å²) in [6.07, 6.45) is 9.92. The molecule has 1 fully saturated rings. The minimum absolute atomic E-state index is 0.00756. The van der Waals surface area contributed by atoms with Crippen LogP contribution in [-0.2, 0) is 11.3 Å². The fourth-order valence-corrected chi connectivity index (χ4v) is 4.62. The van der Waals surface area contributed by atoms with Gasteiger partial charge in [0.15, 0.2) is 10.9 Å². The number of aromatic nitrogens is 3. The smallest absolute Gasteiger partial charge is 0.231 e. The molecule has 0 aliphatic heterocycles. The molecule has 1 saturated carbocycles. The van der Waals surface area contributed by atoms with Gasteiger partial charge >= 0.3 is 0 Å². The molecule has 0 N–H and O–H groups in total. The van der Waals surface area contributed by atoms with Crippen molar-refractivity contribution in [3.8, 4) is 0 Å². The number of fused-ring (bicyclic) bond motifs is 1. The molecule has 1 amide bonds. The van der Waals surface area contributed by atoms with E-state index in [1.807, 2.05) is 10.8 Å². The summed E-state index contributed by atoms with van der Waals surface area (Å²) in [6.45, 7) is 1.21. The van der Waals surface area contributed by atoms with Crippen molar-refractivity contribution in [3.05, 3.63) is 42.5 Å². The Bertz CT molecular complexity index is 935. The summed E-state index contributed by atoms with van der Waals surface area (Å²) in [5, 5.41) is 0.442. The first-order valence-electron chi connectivity index (χ1n) is 9.14. The van der Waals surface area contributed by atoms with Crippen LogP contribution in [0.15, 0.2) is 30.9 Å². The number of hydrogen-bond acceptors (Lipinski definition) is 4. The van der Waals surface area contributed by atoms with Crippen LogP contribution in [0.1, 0.15) is 32.1 Å². The van der Waals surface area contributed by atoms with Crippen LogP contribution in [0, 0.1) is 17.6 Å². The number of anilines is 1. The lowest BCUT2D eigenvalue weighted by Crippen LogP contribution is -2.36. The molecule has 4 rings (SSSR count). The first kappa shape index (κ1) is 18.0. The highest BCUT2D eigenvalue weighted by molar-refractivity contribution is 7.22. The lowest BCUT2D eigenvalue weighted by Gasteiger charge is -2.23. The number of carbonyl (C=O) groups excluding carboxylic acids is 1. The number of nitrogens with zero attached hydrogens (tertiary/aromatic N) is 4. The average Bonchev–Trinajstić information content (AvgIpc) is 3.38. The Hall–Kier alpha value is -2.35. The van der Waals surface area contributed by atoms with Crippen LogP contribution in [0.25, 0.3) is 10.2 Å². The van der Waals surface area contributed by atoms with Gasteiger partial charge in [0.25, 0.3) is 0 Å². The van der Waals surface area contributed by atoms with Gasteiger partial charge in [-0.2, -0.15) is 0 Å². The Kier molecular flexibility index (Phi) is 5.15. The van der Waals surface area contributed by atoms with Crippen molar-refractivity contribution in [1.82, 2.24) is 14.5 Å². The molecule has 27 heavy (non-hydrogen) atoms. The SMILES string of the molecule is O=C(C1CCCC1)N(CCCn1ccnc1)c1nc2c(F)cc(F)cc2s1. The van der Waals surface area contributed by atoms with Gasteiger partial charge in [-0.25, -0.2) is 18.7 Å². The van der Waals surface area contributed by atoms with Crippen LogP contribution in [0.5, 0.6) is 0 Å². The molecule has 0 atom stereocenters. The summed E-state index contributed by atoms with van der Waals surface area (Å²) in [6, 6.07) is 2.09. The highest BCUT2D eigenvalue weighted by Gasteiger charge is 2.30. The van der Waals surface area contributed by atoms with E-state index in [4.69, 9.17) is 0 Å². The van der Waals surface area contributed by atoms with E-state index in [0.717, 1.165) is 56.1 Å². The van der Waals surface area contributed by atoms with Gasteiger partial charge in [-0.1, -0.05) is 24.2 Å². The maximum atomic E-state index is 14.1. The van der Waals surface area contributed by atoms with Gasteiger partial charge in [-0.3, -0.25) is 9.69 Å². The highest BCUT2D eigenvalue weighted by atomic mass is 32.1. The maximum absolute atomic E-state index is 14.1. The first-order chi connectivity index (χ1) is 13.1. The number of amides is 1. The topological polar surface area (TPSA) is 51.0 Å². The molecule has 1 aromatic carbocycles. The number of benzene rings is 1. The van der Waals surface area contributed by atoms with E-state index in [9.17, 15) is 13.6 Å². The number of carbonyl (C=O) groups is 1. The lowest BCUT2D eigenvalue weighted by atomic mass is 10.1. The van der Waals surface area contributed by atoms with Crippen LogP contribution in [0.2, 0.25) is 0 Å². The van der Waals surface area contributed by atoms with Crippen LogP contribution >= 0.6 is 11.3 Å². The number of thiazole rings is 1. The van der Waals surface area contributed by atoms with E-state index in [1.54, 1.807) is 17.4 Å². The molecule has 0 saturated heterocycles. The van der Waals surface area contributed by atoms with Crippen LogP contribution < -0.4 is 4.90 Å². The van der Waals surface area contributed by atoms with Gasteiger partial charge in [-0.05, 0) is 25.3 Å². The largest absolute Gasteiger partial charge is 0.337 e. The molecule has 0 spiro atoms. The van der Waals surface area contributed by atoms with Gasteiger partial charge in [0.1, 0.15) is 11.3 Å². The fraction of sp³-hybridized carbons (Fsp3) is 0.421. The Balaban J connectivity index is 1.60. The minimum atomic E-state index is -0.695. The number of halogens is 2. The van der Waals surface area contributed by atoms with Gasteiger partial charge in [0, 0.05) is 37.5 Å². The van der Waals surface area contributed by atoms with E-state index < -0.39 is 11.6 Å². The summed E-state index contributed by atoms with van der Waals surface area (Å²) < 4.78 is 29.9. The molecule has 142 valence electrons. The van der Waals surface area contributed by atoms with Crippen LogP contribution in [0.4, 0.5) is 13.9 Å². The molecule has 1 aliphatic rings. The summed E-state index contributed by atoms with van der Waals surface area (Å²) in [7, 11) is 0. The fourth-order valence-electron chi connectivity index (χ4n) is 3.58. The molecule has 0 unspecified atom stereocenters. The highest BCUT2D eigenvalue weighted by Crippen LogP contribution is 2.34. The predicted molar refractivity (Wildman–Crippen MR) is 101 cm³/mol. The predicted octanol–water partition coefficient (Wildman–Crippen LogP) is 4.38. The summed E-state index contributed by atoms with van der Waals surface area (Å²) in [4.78, 5) is 23.1. The molecule has 8 heteroatoms. The summed E-state index contributed by atoms with van der Waals surface area (Å²) >= 11 is 1.16. The van der Waals surface area contributed by atoms with Crippen molar-refractivity contribution in [2.45, 2.75) is 38.6 Å². The number of hydrogen-bond donors (Lipinski definition) is 0. The zero-order chi connectivity index (χ0) is 18.8. The van der Waals surface area contributed by atoms with E-state index in [2.05, 4.69) is 9.97 Å². The maximum Gasteiger partial charge on any atom is 0.231 e. The molecular formula is C19H20F2N4OS. The van der Waals surface area contributed by atoms with Crippen LogP contribution in [0.3, 0.4) is 0 Å². The molecule has 5 nitrogen and oxygen atoms in total. The summed E-state index contributed by atoms with van der Waals surface area (Å²) in [5.74, 6) is -1.30. The second-order valence-electron chi connectivity index (χ2n) is 6.86. The van der Waals surface area contributed by atoms with Gasteiger partial charge in [0.2, 0.25) is 5.91 Å². The molecule has 2 aromatic heterocycles. The zero-order valence-corrected chi connectivity index (χ0v) is 15.6. The van der Waals surface area contributed by atoms with Crippen molar-refractivity contribution >= 4 is 32.6 Å². The van der Waals surface area contributed by atoms with Gasteiger partial charge in [-0.15, -0.1) is 0 Å². The third-order valence-electron chi connectivity index (χ3n) is 4.96. The number of aryl methyl sites for hydroxylation is 1. The molecule has 2 heterocycles.